The van der Waals surface area contributed by atoms with Gasteiger partial charge in [-0.15, -0.1) is 0 Å². The van der Waals surface area contributed by atoms with Gasteiger partial charge in [-0.3, -0.25) is 4.79 Å². The highest BCUT2D eigenvalue weighted by atomic mass is 16.5. The van der Waals surface area contributed by atoms with Gasteiger partial charge in [-0.25, -0.2) is 0 Å². The topological polar surface area (TPSA) is 26.3 Å². The molecule has 0 saturated heterocycles. The van der Waals surface area contributed by atoms with Gasteiger partial charge in [0.25, 0.3) is 0 Å². The molecule has 2 nitrogen and oxygen atoms in total. The van der Waals surface area contributed by atoms with Crippen LogP contribution in [0.3, 0.4) is 0 Å². The van der Waals surface area contributed by atoms with Crippen molar-refractivity contribution < 1.29 is 9.53 Å². The summed E-state index contributed by atoms with van der Waals surface area (Å²) in [6.07, 6.45) is 6.51. The van der Waals surface area contributed by atoms with E-state index >= 15 is 0 Å². The fraction of sp³-hybridized carbons (Fsp3) is 0.389. The molecule has 0 atom stereocenters. The summed E-state index contributed by atoms with van der Waals surface area (Å²) in [7, 11) is 0. The zero-order valence-corrected chi connectivity index (χ0v) is 12.7. The van der Waals surface area contributed by atoms with Gasteiger partial charge in [0.1, 0.15) is 0 Å². The van der Waals surface area contributed by atoms with Crippen molar-refractivity contribution in [2.24, 2.45) is 0 Å². The van der Waals surface area contributed by atoms with Crippen molar-refractivity contribution in [3.05, 3.63) is 59.2 Å². The molecule has 0 aliphatic rings. The summed E-state index contributed by atoms with van der Waals surface area (Å²) >= 11 is 0. The molecule has 0 unspecified atom stereocenters. The van der Waals surface area contributed by atoms with Crippen LogP contribution in [-0.2, 0) is 16.0 Å². The Morgan fingerprint density at radius 3 is 2.55 bits per heavy atom. The van der Waals surface area contributed by atoms with Gasteiger partial charge in [-0.1, -0.05) is 60.6 Å². The minimum absolute atomic E-state index is 0.162. The highest BCUT2D eigenvalue weighted by molar-refractivity contribution is 5.72. The third kappa shape index (κ3) is 6.93. The van der Waals surface area contributed by atoms with E-state index in [1.807, 2.05) is 30.3 Å². The second-order valence-electron chi connectivity index (χ2n) is 4.98. The maximum absolute atomic E-state index is 11.7. The first-order valence-corrected chi connectivity index (χ1v) is 7.15. The van der Waals surface area contributed by atoms with Crippen LogP contribution >= 0.6 is 0 Å². The fourth-order valence-corrected chi connectivity index (χ4v) is 1.98. The minimum Gasteiger partial charge on any atom is -0.465 e. The molecule has 0 radical (unpaired) electrons. The molecule has 1 aromatic carbocycles. The minimum atomic E-state index is -0.162. The summed E-state index contributed by atoms with van der Waals surface area (Å²) in [6, 6.07) is 9.67. The molecule has 0 fully saturated rings. The number of hydrogen-bond acceptors (Lipinski definition) is 2. The van der Waals surface area contributed by atoms with Gasteiger partial charge in [-0.2, -0.15) is 0 Å². The Hall–Kier alpha value is -1.83. The van der Waals surface area contributed by atoms with Crippen LogP contribution < -0.4 is 0 Å². The molecule has 1 rings (SSSR count). The second kappa shape index (κ2) is 9.13. The SMILES string of the molecule is CC/C=C(C)/C=C(\C)CCOC(=O)Cc1ccccc1. The number of hydrogen-bond donors (Lipinski definition) is 0. The van der Waals surface area contributed by atoms with Crippen LogP contribution in [0.25, 0.3) is 0 Å². The molecule has 0 aromatic heterocycles. The Bertz CT molecular complexity index is 469. The van der Waals surface area contributed by atoms with E-state index in [2.05, 4.69) is 32.9 Å². The van der Waals surface area contributed by atoms with Crippen LogP contribution in [0.1, 0.15) is 39.2 Å². The Balaban J connectivity index is 2.30. The first kappa shape index (κ1) is 16.2. The lowest BCUT2D eigenvalue weighted by Gasteiger charge is -2.05. The third-order valence-corrected chi connectivity index (χ3v) is 2.95. The van der Waals surface area contributed by atoms with Crippen LogP contribution in [0.2, 0.25) is 0 Å². The molecular formula is C18H24O2. The van der Waals surface area contributed by atoms with Crippen molar-refractivity contribution in [2.75, 3.05) is 6.61 Å². The zero-order chi connectivity index (χ0) is 14.8. The number of esters is 1. The van der Waals surface area contributed by atoms with Crippen LogP contribution in [0.5, 0.6) is 0 Å². The smallest absolute Gasteiger partial charge is 0.310 e. The van der Waals surface area contributed by atoms with Gasteiger partial charge < -0.3 is 4.74 Å². The molecule has 108 valence electrons. The summed E-state index contributed by atoms with van der Waals surface area (Å²) in [6.45, 7) is 6.73. The van der Waals surface area contributed by atoms with E-state index in [0.29, 0.717) is 13.0 Å². The van der Waals surface area contributed by atoms with E-state index in [-0.39, 0.29) is 5.97 Å². The summed E-state index contributed by atoms with van der Waals surface area (Å²) in [5.74, 6) is -0.162. The number of rotatable bonds is 7. The van der Waals surface area contributed by atoms with Crippen LogP contribution in [0.4, 0.5) is 0 Å². The molecular weight excluding hydrogens is 248 g/mol. The normalized spacial score (nSPS) is 12.3. The Morgan fingerprint density at radius 1 is 1.20 bits per heavy atom. The van der Waals surface area contributed by atoms with Crippen molar-refractivity contribution in [3.63, 3.8) is 0 Å². The standard InChI is InChI=1S/C18H24O2/c1-4-8-15(2)13-16(3)11-12-20-18(19)14-17-9-6-5-7-10-17/h5-10,13H,4,11-12,14H2,1-3H3/b15-8+,16-13+. The molecule has 2 heteroatoms. The van der Waals surface area contributed by atoms with Gasteiger partial charge in [0.05, 0.1) is 13.0 Å². The van der Waals surface area contributed by atoms with Gasteiger partial charge in [0.2, 0.25) is 0 Å². The van der Waals surface area contributed by atoms with E-state index in [9.17, 15) is 4.79 Å². The number of allylic oxidation sites excluding steroid dienone is 3. The predicted octanol–water partition coefficient (Wildman–Crippen LogP) is 4.47. The molecule has 0 aliphatic heterocycles. The largest absolute Gasteiger partial charge is 0.465 e. The highest BCUT2D eigenvalue weighted by Gasteiger charge is 2.04. The van der Waals surface area contributed by atoms with Crippen molar-refractivity contribution in [2.45, 2.75) is 40.0 Å². The molecule has 0 amide bonds. The summed E-state index contributed by atoms with van der Waals surface area (Å²) in [5.41, 5.74) is 3.49. The molecule has 20 heavy (non-hydrogen) atoms. The zero-order valence-electron chi connectivity index (χ0n) is 12.7. The Labute approximate surface area is 122 Å². The summed E-state index contributed by atoms with van der Waals surface area (Å²) < 4.78 is 5.26. The highest BCUT2D eigenvalue weighted by Crippen LogP contribution is 2.07. The number of carbonyl (C=O) groups excluding carboxylic acids is 1. The van der Waals surface area contributed by atoms with E-state index in [1.54, 1.807) is 0 Å². The predicted molar refractivity (Wildman–Crippen MR) is 83.5 cm³/mol. The lowest BCUT2D eigenvalue weighted by molar-refractivity contribution is -0.142. The average Bonchev–Trinajstić information content (AvgIpc) is 2.39. The van der Waals surface area contributed by atoms with Crippen molar-refractivity contribution in [1.29, 1.82) is 0 Å². The quantitative estimate of drug-likeness (QED) is 0.541. The van der Waals surface area contributed by atoms with Crippen LogP contribution in [0, 0.1) is 0 Å². The van der Waals surface area contributed by atoms with E-state index in [1.165, 1.54) is 11.1 Å². The molecule has 1 aromatic rings. The number of benzene rings is 1. The van der Waals surface area contributed by atoms with Crippen LogP contribution in [0.15, 0.2) is 53.6 Å². The monoisotopic (exact) mass is 272 g/mol. The van der Waals surface area contributed by atoms with E-state index in [4.69, 9.17) is 4.74 Å². The second-order valence-corrected chi connectivity index (χ2v) is 4.98. The Morgan fingerprint density at radius 2 is 1.90 bits per heavy atom. The number of carbonyl (C=O) groups is 1. The lowest BCUT2D eigenvalue weighted by atomic mass is 10.1. The van der Waals surface area contributed by atoms with Crippen LogP contribution in [-0.4, -0.2) is 12.6 Å². The van der Waals surface area contributed by atoms with E-state index in [0.717, 1.165) is 18.4 Å². The average molecular weight is 272 g/mol. The van der Waals surface area contributed by atoms with Crippen molar-refractivity contribution >= 4 is 5.97 Å². The van der Waals surface area contributed by atoms with Gasteiger partial charge >= 0.3 is 5.97 Å². The van der Waals surface area contributed by atoms with Gasteiger partial charge in [0.15, 0.2) is 0 Å². The number of ether oxygens (including phenoxy) is 1. The van der Waals surface area contributed by atoms with Gasteiger partial charge in [0, 0.05) is 6.42 Å². The third-order valence-electron chi connectivity index (χ3n) is 2.95. The Kier molecular flexibility index (Phi) is 7.41. The summed E-state index contributed by atoms with van der Waals surface area (Å²) in [4.78, 5) is 11.7. The fourth-order valence-electron chi connectivity index (χ4n) is 1.98. The van der Waals surface area contributed by atoms with E-state index < -0.39 is 0 Å². The molecule has 0 N–H and O–H groups in total. The first-order chi connectivity index (χ1) is 9.61. The maximum Gasteiger partial charge on any atom is 0.310 e. The molecule has 0 spiro atoms. The lowest BCUT2D eigenvalue weighted by Crippen LogP contribution is -2.09. The van der Waals surface area contributed by atoms with Crippen molar-refractivity contribution in [1.82, 2.24) is 0 Å². The van der Waals surface area contributed by atoms with Gasteiger partial charge in [-0.05, 0) is 25.8 Å². The molecule has 0 bridgehead atoms. The molecule has 0 heterocycles. The molecule has 0 saturated carbocycles. The molecule has 0 aliphatic carbocycles. The summed E-state index contributed by atoms with van der Waals surface area (Å²) in [5, 5.41) is 0. The maximum atomic E-state index is 11.7. The first-order valence-electron chi connectivity index (χ1n) is 7.15. The van der Waals surface area contributed by atoms with Crippen molar-refractivity contribution in [3.8, 4) is 0 Å².